The third-order valence-electron chi connectivity index (χ3n) is 3.25. The monoisotopic (exact) mass is 426 g/mol. The van der Waals surface area contributed by atoms with E-state index in [4.69, 9.17) is 10.5 Å². The number of hydrogen-bond acceptors (Lipinski definition) is 3. The zero-order chi connectivity index (χ0) is 15.8. The molecule has 0 aliphatic heterocycles. The standard InChI is InChI=1S/C17H22N4O.HI/c1-13-8-9-15(16(21-13)22-2)12-20-17(18)19-11-10-14-6-4-3-5-7-14;/h3-9H,10-12H2,1-2H3,(H3,18,19,20);1H. The van der Waals surface area contributed by atoms with Crippen molar-refractivity contribution in [2.24, 2.45) is 10.7 Å². The Kier molecular flexibility index (Phi) is 8.39. The van der Waals surface area contributed by atoms with E-state index in [1.54, 1.807) is 7.11 Å². The molecule has 1 heterocycles. The van der Waals surface area contributed by atoms with Gasteiger partial charge >= 0.3 is 0 Å². The van der Waals surface area contributed by atoms with Crippen molar-refractivity contribution in [3.8, 4) is 5.88 Å². The lowest BCUT2D eigenvalue weighted by Crippen LogP contribution is -2.33. The smallest absolute Gasteiger partial charge is 0.218 e. The summed E-state index contributed by atoms with van der Waals surface area (Å²) in [6.07, 6.45) is 0.909. The zero-order valence-corrected chi connectivity index (χ0v) is 15.8. The molecule has 0 spiro atoms. The van der Waals surface area contributed by atoms with E-state index in [9.17, 15) is 0 Å². The molecule has 2 rings (SSSR count). The molecule has 0 radical (unpaired) electrons. The van der Waals surface area contributed by atoms with Crippen molar-refractivity contribution in [3.63, 3.8) is 0 Å². The van der Waals surface area contributed by atoms with Gasteiger partial charge in [-0.15, -0.1) is 24.0 Å². The normalized spacial score (nSPS) is 10.8. The number of hydrogen-bond donors (Lipinski definition) is 2. The first kappa shape index (κ1) is 19.2. The molecule has 124 valence electrons. The first-order valence-electron chi connectivity index (χ1n) is 7.27. The molecule has 0 amide bonds. The Balaban J connectivity index is 0.00000264. The third kappa shape index (κ3) is 6.43. The molecule has 0 unspecified atom stereocenters. The van der Waals surface area contributed by atoms with E-state index in [1.807, 2.05) is 37.3 Å². The van der Waals surface area contributed by atoms with Gasteiger partial charge in [0.25, 0.3) is 0 Å². The summed E-state index contributed by atoms with van der Waals surface area (Å²) < 4.78 is 5.26. The van der Waals surface area contributed by atoms with Crippen molar-refractivity contribution >= 4 is 29.9 Å². The summed E-state index contributed by atoms with van der Waals surface area (Å²) in [5, 5.41) is 3.12. The summed E-state index contributed by atoms with van der Waals surface area (Å²) in [7, 11) is 1.61. The highest BCUT2D eigenvalue weighted by molar-refractivity contribution is 14.0. The molecule has 0 aliphatic rings. The lowest BCUT2D eigenvalue weighted by molar-refractivity contribution is 0.391. The van der Waals surface area contributed by atoms with Crippen LogP contribution in [0.2, 0.25) is 0 Å². The number of nitrogens with zero attached hydrogens (tertiary/aromatic N) is 2. The van der Waals surface area contributed by atoms with Crippen molar-refractivity contribution in [1.29, 1.82) is 0 Å². The van der Waals surface area contributed by atoms with Crippen LogP contribution in [0.25, 0.3) is 0 Å². The van der Waals surface area contributed by atoms with Crippen LogP contribution in [0.1, 0.15) is 16.8 Å². The predicted molar refractivity (Wildman–Crippen MR) is 104 cm³/mol. The van der Waals surface area contributed by atoms with Gasteiger partial charge in [0.1, 0.15) is 0 Å². The van der Waals surface area contributed by atoms with Crippen molar-refractivity contribution in [2.45, 2.75) is 19.9 Å². The van der Waals surface area contributed by atoms with Gasteiger partial charge < -0.3 is 15.8 Å². The largest absolute Gasteiger partial charge is 0.481 e. The van der Waals surface area contributed by atoms with Gasteiger partial charge in [-0.2, -0.15) is 0 Å². The fourth-order valence-electron chi connectivity index (χ4n) is 2.06. The van der Waals surface area contributed by atoms with Gasteiger partial charge in [-0.25, -0.2) is 9.98 Å². The van der Waals surface area contributed by atoms with Crippen molar-refractivity contribution in [2.75, 3.05) is 13.7 Å². The van der Waals surface area contributed by atoms with Gasteiger partial charge in [0.2, 0.25) is 5.88 Å². The Hall–Kier alpha value is -1.83. The fraction of sp³-hybridized carbons (Fsp3) is 0.294. The number of ether oxygens (including phenoxy) is 1. The van der Waals surface area contributed by atoms with Crippen LogP contribution in [-0.2, 0) is 13.0 Å². The highest BCUT2D eigenvalue weighted by Crippen LogP contribution is 2.16. The maximum atomic E-state index is 5.88. The third-order valence-corrected chi connectivity index (χ3v) is 3.25. The topological polar surface area (TPSA) is 72.5 Å². The second-order valence-corrected chi connectivity index (χ2v) is 4.98. The average Bonchev–Trinajstić information content (AvgIpc) is 2.54. The van der Waals surface area contributed by atoms with Gasteiger partial charge in [0.15, 0.2) is 5.96 Å². The predicted octanol–water partition coefficient (Wildman–Crippen LogP) is 2.66. The quantitative estimate of drug-likeness (QED) is 0.423. The maximum absolute atomic E-state index is 5.88. The highest BCUT2D eigenvalue weighted by Gasteiger charge is 2.04. The Morgan fingerprint density at radius 3 is 2.65 bits per heavy atom. The van der Waals surface area contributed by atoms with Crippen LogP contribution in [0.4, 0.5) is 0 Å². The van der Waals surface area contributed by atoms with E-state index in [0.29, 0.717) is 18.4 Å². The minimum atomic E-state index is 0. The molecule has 5 nitrogen and oxygen atoms in total. The number of nitrogens with two attached hydrogens (primary N) is 1. The molecule has 23 heavy (non-hydrogen) atoms. The van der Waals surface area contributed by atoms with Crippen molar-refractivity contribution < 1.29 is 4.74 Å². The molecule has 1 aromatic heterocycles. The summed E-state index contributed by atoms with van der Waals surface area (Å²) in [5.41, 5.74) is 8.99. The van der Waals surface area contributed by atoms with Crippen LogP contribution in [0.15, 0.2) is 47.5 Å². The van der Waals surface area contributed by atoms with Crippen molar-refractivity contribution in [3.05, 3.63) is 59.3 Å². The molecule has 0 saturated carbocycles. The molecule has 0 fully saturated rings. The van der Waals surface area contributed by atoms with Crippen LogP contribution in [0.5, 0.6) is 5.88 Å². The molecular weight excluding hydrogens is 403 g/mol. The van der Waals surface area contributed by atoms with Gasteiger partial charge in [-0.1, -0.05) is 30.3 Å². The van der Waals surface area contributed by atoms with E-state index >= 15 is 0 Å². The van der Waals surface area contributed by atoms with E-state index < -0.39 is 0 Å². The number of halogens is 1. The Labute approximate surface area is 154 Å². The van der Waals surface area contributed by atoms with E-state index in [2.05, 4.69) is 27.4 Å². The first-order chi connectivity index (χ1) is 10.7. The minimum absolute atomic E-state index is 0. The number of methoxy groups -OCH3 is 1. The number of aryl methyl sites for hydroxylation is 1. The highest BCUT2D eigenvalue weighted by atomic mass is 127. The van der Waals surface area contributed by atoms with E-state index in [-0.39, 0.29) is 24.0 Å². The Bertz CT molecular complexity index is 632. The summed E-state index contributed by atoms with van der Waals surface area (Å²) in [6, 6.07) is 14.2. The van der Waals surface area contributed by atoms with Gasteiger partial charge in [-0.3, -0.25) is 0 Å². The molecule has 0 aliphatic carbocycles. The molecule has 1 aromatic carbocycles. The van der Waals surface area contributed by atoms with E-state index in [0.717, 1.165) is 24.2 Å². The number of nitrogens with one attached hydrogen (secondary N) is 1. The van der Waals surface area contributed by atoms with Crippen LogP contribution in [-0.4, -0.2) is 24.6 Å². The molecule has 0 atom stereocenters. The van der Waals surface area contributed by atoms with Crippen molar-refractivity contribution in [1.82, 2.24) is 10.3 Å². The summed E-state index contributed by atoms with van der Waals surface area (Å²) in [6.45, 7) is 3.12. The number of aliphatic imine (C=N–C) groups is 1. The molecule has 0 bridgehead atoms. The number of pyridine rings is 1. The number of guanidine groups is 1. The SMILES string of the molecule is COc1nc(C)ccc1CN=C(N)NCCc1ccccc1.I. The number of rotatable bonds is 6. The van der Waals surface area contributed by atoms with Gasteiger partial charge in [0, 0.05) is 17.8 Å². The van der Waals surface area contributed by atoms with Crippen LogP contribution >= 0.6 is 24.0 Å². The first-order valence-corrected chi connectivity index (χ1v) is 7.27. The van der Waals surface area contributed by atoms with Gasteiger partial charge in [0.05, 0.1) is 13.7 Å². The number of benzene rings is 1. The maximum Gasteiger partial charge on any atom is 0.218 e. The summed E-state index contributed by atoms with van der Waals surface area (Å²) in [4.78, 5) is 8.65. The number of aromatic nitrogens is 1. The second kappa shape index (κ2) is 10.0. The molecular formula is C17H23IN4O. The van der Waals surface area contributed by atoms with Crippen LogP contribution in [0.3, 0.4) is 0 Å². The molecule has 3 N–H and O–H groups in total. The lowest BCUT2D eigenvalue weighted by atomic mass is 10.1. The Morgan fingerprint density at radius 1 is 1.22 bits per heavy atom. The van der Waals surface area contributed by atoms with Gasteiger partial charge in [-0.05, 0) is 31.0 Å². The Morgan fingerprint density at radius 2 is 1.96 bits per heavy atom. The molecule has 6 heteroatoms. The molecule has 2 aromatic rings. The molecule has 0 saturated heterocycles. The minimum Gasteiger partial charge on any atom is -0.481 e. The zero-order valence-electron chi connectivity index (χ0n) is 13.5. The summed E-state index contributed by atoms with van der Waals surface area (Å²) in [5.74, 6) is 1.03. The fourth-order valence-corrected chi connectivity index (χ4v) is 2.06. The lowest BCUT2D eigenvalue weighted by Gasteiger charge is -2.08. The average molecular weight is 426 g/mol. The van der Waals surface area contributed by atoms with Crippen LogP contribution in [0, 0.1) is 6.92 Å². The van der Waals surface area contributed by atoms with Crippen LogP contribution < -0.4 is 15.8 Å². The summed E-state index contributed by atoms with van der Waals surface area (Å²) >= 11 is 0. The van der Waals surface area contributed by atoms with E-state index in [1.165, 1.54) is 5.56 Å². The second-order valence-electron chi connectivity index (χ2n) is 4.98.